The quantitative estimate of drug-likeness (QED) is 0.131. The van der Waals surface area contributed by atoms with Gasteiger partial charge in [0.1, 0.15) is 13.1 Å². The smallest absolute Gasteiger partial charge is 0.423 e. The van der Waals surface area contributed by atoms with Crippen molar-refractivity contribution in [3.8, 4) is 0 Å². The monoisotopic (exact) mass is 446 g/mol. The lowest BCUT2D eigenvalue weighted by Crippen LogP contribution is -2.71. The van der Waals surface area contributed by atoms with Gasteiger partial charge in [0, 0.05) is 0 Å². The molecule has 0 amide bonds. The molecule has 0 aromatic rings. The van der Waals surface area contributed by atoms with Gasteiger partial charge in [-0.05, 0) is 12.8 Å². The van der Waals surface area contributed by atoms with E-state index in [1.807, 2.05) is 21.1 Å². The predicted molar refractivity (Wildman–Crippen MR) is 129 cm³/mol. The lowest BCUT2D eigenvalue weighted by molar-refractivity contribution is -1.10. The number of rotatable bonds is 22. The number of carboxylic acid groups (broad SMARTS) is 1. The number of hydrogen-bond donors (Lipinski definition) is 3. The number of likely N-dealkylation sites (N-methyl/N-ethyl adjacent to an activating group) is 1. The van der Waals surface area contributed by atoms with Crippen molar-refractivity contribution >= 4 is 5.97 Å². The molecule has 0 aliphatic heterocycles. The largest absolute Gasteiger partial charge is 0.472 e. The summed E-state index contributed by atoms with van der Waals surface area (Å²) in [6, 6.07) is 0. The maximum Gasteiger partial charge on any atom is 0.423 e. The Morgan fingerprint density at radius 1 is 0.645 bits per heavy atom. The van der Waals surface area contributed by atoms with Gasteiger partial charge in [0.25, 0.3) is 0 Å². The molecule has 186 valence electrons. The number of aliphatic carboxylic acids is 1. The molecule has 0 fully saturated rings. The van der Waals surface area contributed by atoms with Crippen LogP contribution in [-0.2, 0) is 4.79 Å². The van der Waals surface area contributed by atoms with Gasteiger partial charge in [-0.15, -0.1) is 0 Å². The van der Waals surface area contributed by atoms with E-state index in [-0.39, 0.29) is 22.2 Å². The van der Waals surface area contributed by atoms with Gasteiger partial charge in [-0.1, -0.05) is 84.0 Å². The molecule has 1 atom stereocenters. The number of hydrogen-bond acceptors (Lipinski definition) is 3. The van der Waals surface area contributed by atoms with E-state index in [1.165, 1.54) is 77.0 Å². The van der Waals surface area contributed by atoms with Gasteiger partial charge in [0.05, 0.1) is 40.9 Å². The van der Waals surface area contributed by atoms with E-state index >= 15 is 0 Å². The first-order valence-electron chi connectivity index (χ1n) is 12.9. The molecule has 0 saturated carbocycles. The van der Waals surface area contributed by atoms with Gasteiger partial charge >= 0.3 is 12.1 Å². The molecule has 0 radical (unpaired) electrons. The Kier molecular flexibility index (Phi) is 17.4. The van der Waals surface area contributed by atoms with Crippen LogP contribution in [0.2, 0.25) is 0 Å². The Bertz CT molecular complexity index is 432. The first-order valence-corrected chi connectivity index (χ1v) is 12.9. The van der Waals surface area contributed by atoms with E-state index in [9.17, 15) is 20.1 Å². The van der Waals surface area contributed by atoms with E-state index in [0.717, 1.165) is 12.8 Å². The van der Waals surface area contributed by atoms with Gasteiger partial charge < -0.3 is 15.3 Å². The van der Waals surface area contributed by atoms with Crippen LogP contribution in [0.25, 0.3) is 0 Å². The van der Waals surface area contributed by atoms with Crippen LogP contribution in [0.3, 0.4) is 0 Å². The highest BCUT2D eigenvalue weighted by molar-refractivity contribution is 5.70. The number of carboxylic acids is 1. The molecular weight excluding hydrogens is 392 g/mol. The molecule has 0 heterocycles. The van der Waals surface area contributed by atoms with Gasteiger partial charge in [0.15, 0.2) is 0 Å². The van der Waals surface area contributed by atoms with Crippen molar-refractivity contribution in [2.45, 2.75) is 103 Å². The number of carbonyl (C=O) groups is 1. The second kappa shape index (κ2) is 17.8. The number of aliphatic hydroxyl groups excluding tert-OH is 2. The Morgan fingerprint density at radius 2 is 1.00 bits per heavy atom. The third-order valence-corrected chi connectivity index (χ3v) is 6.52. The average Bonchev–Trinajstić information content (AvgIpc) is 2.67. The standard InChI is InChI=1S/C25H53N2O4/c1-5-6-7-8-9-10-11-12-13-14-15-16-17-18-19-27(20-22-28,21-23-29)24(25(30)31)26(2,3)4/h24,28-29H,5-23H2,1-4H3/q+1/p+1. The fourth-order valence-corrected chi connectivity index (χ4v) is 5.02. The molecule has 0 rings (SSSR count). The molecule has 0 aliphatic rings. The van der Waals surface area contributed by atoms with Crippen LogP contribution in [0.5, 0.6) is 0 Å². The highest BCUT2D eigenvalue weighted by Gasteiger charge is 2.49. The van der Waals surface area contributed by atoms with Crippen LogP contribution in [0.15, 0.2) is 0 Å². The van der Waals surface area contributed by atoms with Crippen molar-refractivity contribution in [2.75, 3.05) is 54.0 Å². The summed E-state index contributed by atoms with van der Waals surface area (Å²) >= 11 is 0. The number of quaternary nitrogens is 2. The maximum atomic E-state index is 12.1. The summed E-state index contributed by atoms with van der Waals surface area (Å²) < 4.78 is 0.512. The minimum atomic E-state index is -0.861. The Morgan fingerprint density at radius 3 is 1.29 bits per heavy atom. The lowest BCUT2D eigenvalue weighted by atomic mass is 10.0. The minimum absolute atomic E-state index is 0.0671. The summed E-state index contributed by atoms with van der Waals surface area (Å²) in [6.07, 6.45) is 17.4. The van der Waals surface area contributed by atoms with Gasteiger partial charge in [-0.3, -0.25) is 8.97 Å². The van der Waals surface area contributed by atoms with E-state index in [0.29, 0.717) is 19.6 Å². The second-order valence-electron chi connectivity index (χ2n) is 10.3. The summed E-state index contributed by atoms with van der Waals surface area (Å²) in [6.45, 7) is 3.55. The van der Waals surface area contributed by atoms with Crippen LogP contribution in [0, 0.1) is 0 Å². The SMILES string of the molecule is CCCCCCCCCCCCCCCC[N+](CCO)(CCO)C(C(=O)O)[N+](C)(C)C. The van der Waals surface area contributed by atoms with Crippen molar-refractivity contribution in [1.29, 1.82) is 0 Å². The lowest BCUT2D eigenvalue weighted by Gasteiger charge is -2.46. The molecule has 0 aromatic carbocycles. The number of aliphatic hydroxyl groups is 2. The highest BCUT2D eigenvalue weighted by Crippen LogP contribution is 2.22. The zero-order valence-corrected chi connectivity index (χ0v) is 21.2. The van der Waals surface area contributed by atoms with E-state index in [1.54, 1.807) is 0 Å². The normalized spacial score (nSPS) is 13.5. The summed E-state index contributed by atoms with van der Waals surface area (Å²) in [4.78, 5) is 12.1. The fraction of sp³-hybridized carbons (Fsp3) is 0.960. The molecule has 0 aromatic heterocycles. The molecule has 0 aliphatic carbocycles. The van der Waals surface area contributed by atoms with Crippen molar-refractivity contribution in [3.05, 3.63) is 0 Å². The van der Waals surface area contributed by atoms with Crippen molar-refractivity contribution in [2.24, 2.45) is 0 Å². The second-order valence-corrected chi connectivity index (χ2v) is 10.3. The van der Waals surface area contributed by atoms with Crippen LogP contribution in [-0.4, -0.2) is 90.4 Å². The molecule has 6 heteroatoms. The molecule has 0 bridgehead atoms. The topological polar surface area (TPSA) is 77.8 Å². The molecule has 6 nitrogen and oxygen atoms in total. The van der Waals surface area contributed by atoms with E-state index in [2.05, 4.69) is 6.92 Å². The van der Waals surface area contributed by atoms with Crippen LogP contribution in [0.4, 0.5) is 0 Å². The van der Waals surface area contributed by atoms with Gasteiger partial charge in [-0.2, -0.15) is 0 Å². The Balaban J connectivity index is 4.23. The predicted octanol–water partition coefficient (Wildman–Crippen LogP) is 4.39. The minimum Gasteiger partial charge on any atom is -0.472 e. The Hall–Kier alpha value is -0.690. The van der Waals surface area contributed by atoms with Crippen LogP contribution in [0.1, 0.15) is 96.8 Å². The van der Waals surface area contributed by atoms with Crippen molar-refractivity contribution in [1.82, 2.24) is 0 Å². The summed E-state index contributed by atoms with van der Waals surface area (Å²) in [5.74, 6) is -0.861. The first kappa shape index (κ1) is 30.3. The third kappa shape index (κ3) is 13.5. The summed E-state index contributed by atoms with van der Waals surface area (Å²) in [7, 11) is 5.64. The fourth-order valence-electron chi connectivity index (χ4n) is 5.02. The summed E-state index contributed by atoms with van der Waals surface area (Å²) in [5, 5.41) is 29.2. The molecule has 3 N–H and O–H groups in total. The zero-order chi connectivity index (χ0) is 23.6. The van der Waals surface area contributed by atoms with Crippen LogP contribution < -0.4 is 0 Å². The maximum absolute atomic E-state index is 12.1. The molecular formula is C25H54N2O4+2. The number of unbranched alkanes of at least 4 members (excludes halogenated alkanes) is 13. The highest BCUT2D eigenvalue weighted by atomic mass is 16.4. The number of nitrogens with zero attached hydrogens (tertiary/aromatic N) is 2. The van der Waals surface area contributed by atoms with Crippen molar-refractivity contribution in [3.63, 3.8) is 0 Å². The third-order valence-electron chi connectivity index (χ3n) is 6.52. The molecule has 0 saturated heterocycles. The molecule has 0 spiro atoms. The van der Waals surface area contributed by atoms with E-state index in [4.69, 9.17) is 0 Å². The van der Waals surface area contributed by atoms with Gasteiger partial charge in [-0.25, -0.2) is 4.79 Å². The van der Waals surface area contributed by atoms with Crippen LogP contribution >= 0.6 is 0 Å². The van der Waals surface area contributed by atoms with Crippen molar-refractivity contribution < 1.29 is 29.1 Å². The van der Waals surface area contributed by atoms with Gasteiger partial charge in [0.2, 0.25) is 0 Å². The molecule has 31 heavy (non-hydrogen) atoms. The summed E-state index contributed by atoms with van der Waals surface area (Å²) in [5.41, 5.74) is 0. The molecule has 1 unspecified atom stereocenters. The van der Waals surface area contributed by atoms with E-state index < -0.39 is 12.1 Å². The first-order chi connectivity index (χ1) is 14.7. The average molecular weight is 447 g/mol. The Labute approximate surface area is 192 Å². The zero-order valence-electron chi connectivity index (χ0n) is 21.2.